The summed E-state index contributed by atoms with van der Waals surface area (Å²) in [6.45, 7) is 10.6. The molecule has 5 heteroatoms. The molecule has 4 nitrogen and oxygen atoms in total. The van der Waals surface area contributed by atoms with Gasteiger partial charge in [-0.2, -0.15) is 0 Å². The van der Waals surface area contributed by atoms with Crippen LogP contribution in [0.2, 0.25) is 0 Å². The van der Waals surface area contributed by atoms with E-state index in [4.69, 9.17) is 0 Å². The maximum Gasteiger partial charge on any atom is 0.268 e. The van der Waals surface area contributed by atoms with Crippen LogP contribution in [-0.2, 0) is 6.54 Å². The Kier molecular flexibility index (Phi) is 4.94. The summed E-state index contributed by atoms with van der Waals surface area (Å²) in [4.78, 5) is 19.2. The Balaban J connectivity index is 2.00. The predicted molar refractivity (Wildman–Crippen MR) is 85.1 cm³/mol. The summed E-state index contributed by atoms with van der Waals surface area (Å²) in [5, 5.41) is 5.32. The van der Waals surface area contributed by atoms with Gasteiger partial charge in [-0.05, 0) is 35.7 Å². The van der Waals surface area contributed by atoms with Crippen LogP contribution in [0.5, 0.6) is 0 Å². The molecule has 0 bridgehead atoms. The van der Waals surface area contributed by atoms with Gasteiger partial charge in [0.2, 0.25) is 0 Å². The largest absolute Gasteiger partial charge is 0.310 e. The van der Waals surface area contributed by atoms with Gasteiger partial charge in [0.1, 0.15) is 10.5 Å². The zero-order valence-corrected chi connectivity index (χ0v) is 13.4. The Labute approximate surface area is 123 Å². The predicted octanol–water partition coefficient (Wildman–Crippen LogP) is 3.00. The van der Waals surface area contributed by atoms with Crippen LogP contribution in [0, 0.1) is 17.8 Å². The summed E-state index contributed by atoms with van der Waals surface area (Å²) in [6.07, 6.45) is 0. The van der Waals surface area contributed by atoms with Crippen LogP contribution in [0.4, 0.5) is 0 Å². The SMILES string of the molecule is CC(C)C(CNCc1nc2ccsc2c(=O)[nH]1)C(C)C. The smallest absolute Gasteiger partial charge is 0.268 e. The van der Waals surface area contributed by atoms with E-state index in [1.165, 1.54) is 11.3 Å². The van der Waals surface area contributed by atoms with Crippen molar-refractivity contribution in [3.05, 3.63) is 27.6 Å². The highest BCUT2D eigenvalue weighted by atomic mass is 32.1. The molecule has 0 aliphatic carbocycles. The number of thiophene rings is 1. The third kappa shape index (κ3) is 3.46. The average Bonchev–Trinajstić information content (AvgIpc) is 2.82. The van der Waals surface area contributed by atoms with Crippen LogP contribution < -0.4 is 10.9 Å². The number of hydrogen-bond donors (Lipinski definition) is 2. The van der Waals surface area contributed by atoms with Gasteiger partial charge in [0.15, 0.2) is 0 Å². The number of fused-ring (bicyclic) bond motifs is 1. The van der Waals surface area contributed by atoms with Crippen molar-refractivity contribution in [2.75, 3.05) is 6.54 Å². The van der Waals surface area contributed by atoms with E-state index in [0.717, 1.165) is 12.1 Å². The number of nitrogens with one attached hydrogen (secondary N) is 2. The molecule has 2 rings (SSSR count). The first kappa shape index (κ1) is 15.2. The van der Waals surface area contributed by atoms with Crippen LogP contribution in [0.25, 0.3) is 10.2 Å². The fourth-order valence-corrected chi connectivity index (χ4v) is 3.33. The number of aromatic amines is 1. The number of rotatable bonds is 6. The van der Waals surface area contributed by atoms with E-state index in [1.54, 1.807) is 0 Å². The van der Waals surface area contributed by atoms with Gasteiger partial charge in [-0.1, -0.05) is 27.7 Å². The second kappa shape index (κ2) is 6.50. The number of aromatic nitrogens is 2. The highest BCUT2D eigenvalue weighted by molar-refractivity contribution is 7.17. The molecular formula is C15H23N3OS. The van der Waals surface area contributed by atoms with Crippen molar-refractivity contribution in [3.63, 3.8) is 0 Å². The lowest BCUT2D eigenvalue weighted by Crippen LogP contribution is -2.30. The first-order valence-electron chi connectivity index (χ1n) is 7.16. The molecular weight excluding hydrogens is 270 g/mol. The summed E-state index contributed by atoms with van der Waals surface area (Å²) < 4.78 is 0.705. The topological polar surface area (TPSA) is 57.8 Å². The molecule has 0 saturated heterocycles. The number of nitrogens with zero attached hydrogens (tertiary/aromatic N) is 1. The van der Waals surface area contributed by atoms with E-state index >= 15 is 0 Å². The highest BCUT2D eigenvalue weighted by Gasteiger charge is 2.16. The summed E-state index contributed by atoms with van der Waals surface area (Å²) in [5.74, 6) is 2.64. The van der Waals surface area contributed by atoms with E-state index < -0.39 is 0 Å². The van der Waals surface area contributed by atoms with Crippen molar-refractivity contribution in [2.24, 2.45) is 17.8 Å². The molecule has 20 heavy (non-hydrogen) atoms. The van der Waals surface area contributed by atoms with Crippen LogP contribution in [0.15, 0.2) is 16.2 Å². The number of hydrogen-bond acceptors (Lipinski definition) is 4. The van der Waals surface area contributed by atoms with Gasteiger partial charge in [0.25, 0.3) is 5.56 Å². The minimum Gasteiger partial charge on any atom is -0.310 e. The minimum absolute atomic E-state index is 0.0360. The molecule has 0 aromatic carbocycles. The van der Waals surface area contributed by atoms with Gasteiger partial charge in [-0.15, -0.1) is 11.3 Å². The molecule has 0 amide bonds. The minimum atomic E-state index is -0.0360. The molecule has 0 aliphatic heterocycles. The first-order chi connectivity index (χ1) is 9.49. The van der Waals surface area contributed by atoms with Crippen molar-refractivity contribution in [2.45, 2.75) is 34.2 Å². The molecule has 0 saturated carbocycles. The summed E-state index contributed by atoms with van der Waals surface area (Å²) in [7, 11) is 0. The Hall–Kier alpha value is -1.20. The van der Waals surface area contributed by atoms with Crippen molar-refractivity contribution >= 4 is 21.6 Å². The lowest BCUT2D eigenvalue weighted by Gasteiger charge is -2.25. The molecule has 0 radical (unpaired) electrons. The Morgan fingerprint density at radius 1 is 1.30 bits per heavy atom. The van der Waals surface area contributed by atoms with E-state index in [9.17, 15) is 4.79 Å². The van der Waals surface area contributed by atoms with Crippen molar-refractivity contribution in [3.8, 4) is 0 Å². The molecule has 2 heterocycles. The summed E-state index contributed by atoms with van der Waals surface area (Å²) >= 11 is 1.43. The fourth-order valence-electron chi connectivity index (χ4n) is 2.60. The summed E-state index contributed by atoms with van der Waals surface area (Å²) in [6, 6.07) is 1.89. The number of H-pyrrole nitrogens is 1. The van der Waals surface area contributed by atoms with Crippen LogP contribution >= 0.6 is 11.3 Å². The molecule has 2 N–H and O–H groups in total. The highest BCUT2D eigenvalue weighted by Crippen LogP contribution is 2.19. The fraction of sp³-hybridized carbons (Fsp3) is 0.600. The lowest BCUT2D eigenvalue weighted by molar-refractivity contribution is 0.275. The lowest BCUT2D eigenvalue weighted by atomic mass is 9.85. The van der Waals surface area contributed by atoms with E-state index in [0.29, 0.717) is 34.8 Å². The van der Waals surface area contributed by atoms with Gasteiger partial charge in [0, 0.05) is 0 Å². The van der Waals surface area contributed by atoms with Crippen LogP contribution in [-0.4, -0.2) is 16.5 Å². The molecule has 0 unspecified atom stereocenters. The van der Waals surface area contributed by atoms with Crippen LogP contribution in [0.1, 0.15) is 33.5 Å². The molecule has 0 atom stereocenters. The van der Waals surface area contributed by atoms with Gasteiger partial charge < -0.3 is 10.3 Å². The molecule has 2 aromatic rings. The third-order valence-corrected chi connectivity index (χ3v) is 4.65. The average molecular weight is 293 g/mol. The molecule has 0 aliphatic rings. The second-order valence-corrected chi connectivity index (χ2v) is 6.85. The Morgan fingerprint density at radius 3 is 2.65 bits per heavy atom. The Morgan fingerprint density at radius 2 is 2.00 bits per heavy atom. The normalized spacial score (nSPS) is 12.2. The van der Waals surface area contributed by atoms with Crippen LogP contribution in [0.3, 0.4) is 0 Å². The summed E-state index contributed by atoms with van der Waals surface area (Å²) in [5.41, 5.74) is 0.755. The van der Waals surface area contributed by atoms with E-state index in [2.05, 4.69) is 43.0 Å². The molecule has 0 fully saturated rings. The van der Waals surface area contributed by atoms with Gasteiger partial charge in [-0.25, -0.2) is 4.98 Å². The third-order valence-electron chi connectivity index (χ3n) is 3.75. The van der Waals surface area contributed by atoms with Gasteiger partial charge in [0.05, 0.1) is 12.1 Å². The zero-order valence-electron chi connectivity index (χ0n) is 12.6. The van der Waals surface area contributed by atoms with Crippen molar-refractivity contribution < 1.29 is 0 Å². The van der Waals surface area contributed by atoms with Crippen molar-refractivity contribution in [1.29, 1.82) is 0 Å². The molecule has 2 aromatic heterocycles. The zero-order chi connectivity index (χ0) is 14.7. The first-order valence-corrected chi connectivity index (χ1v) is 8.04. The van der Waals surface area contributed by atoms with E-state index in [-0.39, 0.29) is 5.56 Å². The van der Waals surface area contributed by atoms with Crippen molar-refractivity contribution in [1.82, 2.24) is 15.3 Å². The van der Waals surface area contributed by atoms with Gasteiger partial charge in [-0.3, -0.25) is 4.79 Å². The van der Waals surface area contributed by atoms with Gasteiger partial charge >= 0.3 is 0 Å². The Bertz CT molecular complexity index is 607. The monoisotopic (exact) mass is 293 g/mol. The maximum absolute atomic E-state index is 11.9. The standard InChI is InChI=1S/C15H23N3OS/c1-9(2)11(10(3)4)7-16-8-13-17-12-5-6-20-14(12)15(19)18-13/h5-6,9-11,16H,7-8H2,1-4H3,(H,17,18,19). The quantitative estimate of drug-likeness (QED) is 0.861. The molecule has 0 spiro atoms. The van der Waals surface area contributed by atoms with E-state index in [1.807, 2.05) is 11.4 Å². The molecule has 110 valence electrons. The maximum atomic E-state index is 11.9. The second-order valence-electron chi connectivity index (χ2n) is 5.93.